The van der Waals surface area contributed by atoms with Gasteiger partial charge in [-0.3, -0.25) is 0 Å². The Labute approximate surface area is 150 Å². The first-order chi connectivity index (χ1) is 12.0. The Morgan fingerprint density at radius 1 is 0.720 bits per heavy atom. The van der Waals surface area contributed by atoms with Crippen LogP contribution < -0.4 is 9.80 Å². The lowest BCUT2D eigenvalue weighted by atomic mass is 9.95. The van der Waals surface area contributed by atoms with Gasteiger partial charge in [0.1, 0.15) is 7.05 Å². The van der Waals surface area contributed by atoms with Gasteiger partial charge in [-0.1, -0.05) is 24.3 Å². The Morgan fingerprint density at radius 3 is 1.48 bits per heavy atom. The van der Waals surface area contributed by atoms with Crippen LogP contribution in [0.1, 0.15) is 11.1 Å². The van der Waals surface area contributed by atoms with Crippen molar-refractivity contribution >= 4 is 23.2 Å². The molecule has 0 unspecified atom stereocenters. The van der Waals surface area contributed by atoms with Crippen molar-refractivity contribution < 1.29 is 4.58 Å². The zero-order chi connectivity index (χ0) is 18.0. The second-order valence-electron chi connectivity index (χ2n) is 6.76. The molecule has 1 aliphatic heterocycles. The van der Waals surface area contributed by atoms with Gasteiger partial charge >= 0.3 is 0 Å². The summed E-state index contributed by atoms with van der Waals surface area (Å²) in [6, 6.07) is 17.5. The Hall–Kier alpha value is -2.81. The number of hydrogen-bond donors (Lipinski definition) is 0. The maximum absolute atomic E-state index is 2.21. The molecule has 3 heteroatoms. The highest BCUT2D eigenvalue weighted by atomic mass is 15.1. The predicted octanol–water partition coefficient (Wildman–Crippen LogP) is 3.86. The third-order valence-electron chi connectivity index (χ3n) is 4.54. The van der Waals surface area contributed by atoms with E-state index in [1.807, 2.05) is 0 Å². The molecule has 0 saturated heterocycles. The van der Waals surface area contributed by atoms with Crippen LogP contribution in [0.15, 0.2) is 66.4 Å². The quantitative estimate of drug-likeness (QED) is 0.787. The molecule has 0 N–H and O–H groups in total. The Balaban J connectivity index is 2.11. The highest BCUT2D eigenvalue weighted by Crippen LogP contribution is 2.31. The van der Waals surface area contributed by atoms with Gasteiger partial charge in [0.2, 0.25) is 5.70 Å². The van der Waals surface area contributed by atoms with E-state index in [2.05, 4.69) is 117 Å². The fourth-order valence-corrected chi connectivity index (χ4v) is 3.04. The molecular formula is C22H26N3+. The molecule has 0 aromatic heterocycles. The fraction of sp³-hybridized carbons (Fsp3) is 0.227. The molecule has 0 bridgehead atoms. The van der Waals surface area contributed by atoms with Crippen LogP contribution in [0.5, 0.6) is 0 Å². The lowest BCUT2D eigenvalue weighted by molar-refractivity contribution is -0.428. The van der Waals surface area contributed by atoms with Gasteiger partial charge in [-0.05, 0) is 35.4 Å². The van der Waals surface area contributed by atoms with Crippen LogP contribution in [0.2, 0.25) is 0 Å². The van der Waals surface area contributed by atoms with Crippen molar-refractivity contribution in [1.82, 2.24) is 0 Å². The topological polar surface area (TPSA) is 9.49 Å². The molecule has 3 nitrogen and oxygen atoms in total. The smallest absolute Gasteiger partial charge is 0.213 e. The van der Waals surface area contributed by atoms with Gasteiger partial charge < -0.3 is 9.80 Å². The first-order valence-corrected chi connectivity index (χ1v) is 8.51. The molecule has 2 aromatic carbocycles. The third kappa shape index (κ3) is 3.50. The zero-order valence-corrected chi connectivity index (χ0v) is 15.7. The summed E-state index contributed by atoms with van der Waals surface area (Å²) in [6.45, 7) is 0. The van der Waals surface area contributed by atoms with E-state index in [9.17, 15) is 0 Å². The molecule has 0 atom stereocenters. The minimum atomic E-state index is 1.21. The van der Waals surface area contributed by atoms with Gasteiger partial charge in [-0.15, -0.1) is 0 Å². The summed E-state index contributed by atoms with van der Waals surface area (Å²) >= 11 is 0. The lowest BCUT2D eigenvalue weighted by Crippen LogP contribution is -2.09. The van der Waals surface area contributed by atoms with E-state index in [0.717, 1.165) is 0 Å². The summed E-state index contributed by atoms with van der Waals surface area (Å²) in [7, 11) is 10.4. The molecular weight excluding hydrogens is 306 g/mol. The zero-order valence-electron chi connectivity index (χ0n) is 15.7. The van der Waals surface area contributed by atoms with Crippen molar-refractivity contribution in [3.8, 4) is 0 Å². The molecule has 0 spiro atoms. The number of anilines is 2. The molecule has 0 aliphatic carbocycles. The molecule has 128 valence electrons. The Kier molecular flexibility index (Phi) is 4.75. The van der Waals surface area contributed by atoms with Gasteiger partial charge in [0.05, 0.1) is 5.57 Å². The van der Waals surface area contributed by atoms with Crippen molar-refractivity contribution in [2.75, 3.05) is 45.0 Å². The minimum Gasteiger partial charge on any atom is -0.378 e. The highest BCUT2D eigenvalue weighted by molar-refractivity contribution is 5.86. The average molecular weight is 332 g/mol. The van der Waals surface area contributed by atoms with E-state index < -0.39 is 0 Å². The van der Waals surface area contributed by atoms with E-state index in [1.165, 1.54) is 33.8 Å². The summed E-state index contributed by atoms with van der Waals surface area (Å²) in [5, 5.41) is 0. The third-order valence-corrected chi connectivity index (χ3v) is 4.54. The van der Waals surface area contributed by atoms with Crippen LogP contribution in [0.4, 0.5) is 11.4 Å². The van der Waals surface area contributed by atoms with Gasteiger partial charge in [0.15, 0.2) is 6.21 Å². The average Bonchev–Trinajstić information content (AvgIpc) is 3.02. The van der Waals surface area contributed by atoms with Crippen LogP contribution in [0.3, 0.4) is 0 Å². The molecule has 2 aromatic rings. The van der Waals surface area contributed by atoms with Crippen LogP contribution in [0.25, 0.3) is 5.57 Å². The Bertz CT molecular complexity index is 782. The van der Waals surface area contributed by atoms with Gasteiger partial charge in [0.25, 0.3) is 0 Å². The van der Waals surface area contributed by atoms with Crippen molar-refractivity contribution in [3.63, 3.8) is 0 Å². The summed E-state index contributed by atoms with van der Waals surface area (Å²) in [5.74, 6) is 0. The largest absolute Gasteiger partial charge is 0.378 e. The number of benzene rings is 2. The van der Waals surface area contributed by atoms with Crippen molar-refractivity contribution in [3.05, 3.63) is 77.5 Å². The number of rotatable bonds is 4. The van der Waals surface area contributed by atoms with E-state index in [-0.39, 0.29) is 0 Å². The molecule has 0 radical (unpaired) electrons. The molecule has 1 heterocycles. The van der Waals surface area contributed by atoms with E-state index in [1.54, 1.807) is 0 Å². The summed E-state index contributed by atoms with van der Waals surface area (Å²) < 4.78 is 2.18. The van der Waals surface area contributed by atoms with E-state index >= 15 is 0 Å². The van der Waals surface area contributed by atoms with Crippen molar-refractivity contribution in [1.29, 1.82) is 0 Å². The summed E-state index contributed by atoms with van der Waals surface area (Å²) in [4.78, 5) is 4.25. The molecule has 3 rings (SSSR count). The molecule has 0 saturated carbocycles. The number of hydrogen-bond acceptors (Lipinski definition) is 2. The van der Waals surface area contributed by atoms with Crippen molar-refractivity contribution in [2.24, 2.45) is 0 Å². The van der Waals surface area contributed by atoms with Crippen LogP contribution in [-0.4, -0.2) is 46.0 Å². The molecule has 0 fully saturated rings. The second kappa shape index (κ2) is 6.98. The van der Waals surface area contributed by atoms with Gasteiger partial charge in [0, 0.05) is 51.7 Å². The number of nitrogens with zero attached hydrogens (tertiary/aromatic N) is 3. The van der Waals surface area contributed by atoms with Gasteiger partial charge in [-0.25, -0.2) is 4.58 Å². The second-order valence-corrected chi connectivity index (χ2v) is 6.76. The summed E-state index contributed by atoms with van der Waals surface area (Å²) in [6.07, 6.45) is 6.37. The normalized spacial score (nSPS) is 13.0. The monoisotopic (exact) mass is 332 g/mol. The minimum absolute atomic E-state index is 1.21. The predicted molar refractivity (Wildman–Crippen MR) is 109 cm³/mol. The van der Waals surface area contributed by atoms with Gasteiger partial charge in [-0.2, -0.15) is 0 Å². The number of likely N-dealkylation sites (N-methyl/N-ethyl adjacent to an activating group) is 1. The fourth-order valence-electron chi connectivity index (χ4n) is 3.04. The maximum Gasteiger partial charge on any atom is 0.213 e. The van der Waals surface area contributed by atoms with E-state index in [0.29, 0.717) is 0 Å². The maximum atomic E-state index is 2.21. The van der Waals surface area contributed by atoms with Crippen molar-refractivity contribution in [2.45, 2.75) is 0 Å². The molecule has 1 aliphatic rings. The van der Waals surface area contributed by atoms with Crippen LogP contribution >= 0.6 is 0 Å². The first kappa shape index (κ1) is 17.0. The number of allylic oxidation sites excluding steroid dienone is 2. The van der Waals surface area contributed by atoms with Crippen LogP contribution in [-0.2, 0) is 0 Å². The van der Waals surface area contributed by atoms with Crippen LogP contribution in [0, 0.1) is 0 Å². The highest BCUT2D eigenvalue weighted by Gasteiger charge is 2.20. The standard InChI is InChI=1S/C22H26N3/c1-23(2)19-12-8-17(9-13-19)22(21-7-6-16-25(21)5)18-10-14-20(15-11-18)24(3)4/h6-16H,1-5H3/q+1. The Morgan fingerprint density at radius 2 is 1.16 bits per heavy atom. The summed E-state index contributed by atoms with van der Waals surface area (Å²) in [5.41, 5.74) is 7.34. The molecule has 0 amide bonds. The first-order valence-electron chi connectivity index (χ1n) is 8.51. The molecule has 25 heavy (non-hydrogen) atoms. The SMILES string of the molecule is CN(C)c1ccc(C(=C2C=CC=[N+]2C)c2ccc(N(C)C)cc2)cc1. The lowest BCUT2D eigenvalue weighted by Gasteiger charge is -2.16. The van der Waals surface area contributed by atoms with E-state index in [4.69, 9.17) is 0 Å².